The minimum Gasteiger partial charge on any atom is -0.503 e. The molecule has 3 rings (SSSR count). The molecule has 1 saturated carbocycles. The fourth-order valence-electron chi connectivity index (χ4n) is 2.77. The van der Waals surface area contributed by atoms with E-state index in [1.54, 1.807) is 17.4 Å². The Hall–Kier alpha value is -1.40. The van der Waals surface area contributed by atoms with Gasteiger partial charge in [-0.25, -0.2) is 4.98 Å². The van der Waals surface area contributed by atoms with Gasteiger partial charge in [0.25, 0.3) is 5.91 Å². The van der Waals surface area contributed by atoms with Crippen molar-refractivity contribution in [3.8, 4) is 5.75 Å². The van der Waals surface area contributed by atoms with E-state index in [-0.39, 0.29) is 17.5 Å². The number of hydrogen-bond acceptors (Lipinski definition) is 4. The van der Waals surface area contributed by atoms with Gasteiger partial charge in [-0.15, -0.1) is 11.3 Å². The molecule has 4 nitrogen and oxygen atoms in total. The predicted molar refractivity (Wildman–Crippen MR) is 91.7 cm³/mol. The highest BCUT2D eigenvalue weighted by Gasteiger charge is 2.19. The third kappa shape index (κ3) is 3.33. The van der Waals surface area contributed by atoms with E-state index < -0.39 is 0 Å². The van der Waals surface area contributed by atoms with Gasteiger partial charge in [0.05, 0.1) is 10.0 Å². The van der Waals surface area contributed by atoms with Crippen molar-refractivity contribution in [1.29, 1.82) is 0 Å². The summed E-state index contributed by atoms with van der Waals surface area (Å²) in [7, 11) is 0. The molecule has 1 aliphatic rings. The lowest BCUT2D eigenvalue weighted by Gasteiger charge is -2.19. The summed E-state index contributed by atoms with van der Waals surface area (Å²) >= 11 is 4.86. The van der Waals surface area contributed by atoms with E-state index in [4.69, 9.17) is 0 Å². The Morgan fingerprint density at radius 2 is 2.14 bits per heavy atom. The van der Waals surface area contributed by atoms with Gasteiger partial charge < -0.3 is 10.4 Å². The number of rotatable bonds is 3. The normalized spacial score (nSPS) is 15.7. The van der Waals surface area contributed by atoms with Crippen molar-refractivity contribution in [3.63, 3.8) is 0 Å². The van der Waals surface area contributed by atoms with Gasteiger partial charge in [-0.2, -0.15) is 0 Å². The zero-order valence-corrected chi connectivity index (χ0v) is 14.4. The average molecular weight is 381 g/mol. The van der Waals surface area contributed by atoms with Crippen LogP contribution in [-0.4, -0.2) is 16.0 Å². The molecule has 2 aromatic heterocycles. The zero-order valence-electron chi connectivity index (χ0n) is 12.0. The van der Waals surface area contributed by atoms with Crippen LogP contribution in [0.2, 0.25) is 0 Å². The topological polar surface area (TPSA) is 62.2 Å². The van der Waals surface area contributed by atoms with E-state index in [1.165, 1.54) is 43.2 Å². The first-order valence-electron chi connectivity index (χ1n) is 7.38. The van der Waals surface area contributed by atoms with E-state index in [1.807, 2.05) is 11.4 Å². The van der Waals surface area contributed by atoms with Crippen LogP contribution in [0, 0.1) is 0 Å². The summed E-state index contributed by atoms with van der Waals surface area (Å²) in [5, 5.41) is 14.4. The summed E-state index contributed by atoms with van der Waals surface area (Å²) in [5.41, 5.74) is 0.631. The molecule has 0 saturated heterocycles. The number of aromatic hydroxyl groups is 1. The van der Waals surface area contributed by atoms with Crippen LogP contribution in [0.25, 0.3) is 0 Å². The van der Waals surface area contributed by atoms with Crippen molar-refractivity contribution >= 4 is 39.0 Å². The highest BCUT2D eigenvalue weighted by molar-refractivity contribution is 9.10. The fraction of sp³-hybridized carbons (Fsp3) is 0.375. The van der Waals surface area contributed by atoms with E-state index in [0.29, 0.717) is 16.0 Å². The predicted octanol–water partition coefficient (Wildman–Crippen LogP) is 4.91. The largest absolute Gasteiger partial charge is 0.503 e. The maximum Gasteiger partial charge on any atom is 0.257 e. The van der Waals surface area contributed by atoms with Gasteiger partial charge in [0.15, 0.2) is 11.6 Å². The van der Waals surface area contributed by atoms with Gasteiger partial charge in [0.1, 0.15) is 0 Å². The van der Waals surface area contributed by atoms with Crippen LogP contribution in [0.3, 0.4) is 0 Å². The van der Waals surface area contributed by atoms with Crippen molar-refractivity contribution in [2.75, 3.05) is 5.32 Å². The molecule has 0 aromatic carbocycles. The number of carbonyl (C=O) groups excluding carboxylic acids is 1. The second-order valence-electron chi connectivity index (χ2n) is 5.52. The maximum atomic E-state index is 12.3. The molecule has 1 amide bonds. The highest BCUT2D eigenvalue weighted by Crippen LogP contribution is 2.36. The van der Waals surface area contributed by atoms with Gasteiger partial charge in [0.2, 0.25) is 0 Å². The molecule has 0 aliphatic heterocycles. The van der Waals surface area contributed by atoms with Crippen LogP contribution in [-0.2, 0) is 0 Å². The number of hydrogen-bond donors (Lipinski definition) is 2. The number of amides is 1. The molecule has 2 N–H and O–H groups in total. The first kappa shape index (κ1) is 15.5. The lowest BCUT2D eigenvalue weighted by molar-refractivity contribution is 0.102. The van der Waals surface area contributed by atoms with Gasteiger partial charge in [-0.3, -0.25) is 4.79 Å². The molecule has 6 heteroatoms. The molecule has 22 heavy (non-hydrogen) atoms. The standard InChI is InChI=1S/C16H17BrN2O2S/c17-12-6-7-18-15(14(12)20)19-16(21)11-8-13(22-9-11)10-4-2-1-3-5-10/h6-10,20H,1-5H2,(H,18,19,21). The lowest BCUT2D eigenvalue weighted by Crippen LogP contribution is -2.12. The SMILES string of the molecule is O=C(Nc1nccc(Br)c1O)c1csc(C2CCCCC2)c1. The van der Waals surface area contributed by atoms with E-state index >= 15 is 0 Å². The third-order valence-corrected chi connectivity index (χ3v) is 5.73. The Morgan fingerprint density at radius 1 is 1.36 bits per heavy atom. The second kappa shape index (κ2) is 6.79. The number of halogens is 1. The summed E-state index contributed by atoms with van der Waals surface area (Å²) in [6.07, 6.45) is 7.84. The zero-order chi connectivity index (χ0) is 15.5. The molecule has 116 valence electrons. The Morgan fingerprint density at radius 3 is 2.91 bits per heavy atom. The molecule has 0 bridgehead atoms. The first-order valence-corrected chi connectivity index (χ1v) is 9.05. The summed E-state index contributed by atoms with van der Waals surface area (Å²) in [4.78, 5) is 17.6. The Balaban J connectivity index is 1.72. The fourth-order valence-corrected chi connectivity index (χ4v) is 4.14. The second-order valence-corrected chi connectivity index (χ2v) is 7.31. The number of nitrogens with zero attached hydrogens (tertiary/aromatic N) is 1. The van der Waals surface area contributed by atoms with Gasteiger partial charge in [0, 0.05) is 16.5 Å². The van der Waals surface area contributed by atoms with Gasteiger partial charge in [-0.1, -0.05) is 19.3 Å². The van der Waals surface area contributed by atoms with Crippen molar-refractivity contribution in [2.45, 2.75) is 38.0 Å². The monoisotopic (exact) mass is 380 g/mol. The molecule has 1 fully saturated rings. The molecule has 0 spiro atoms. The Labute approximate surface area is 141 Å². The van der Waals surface area contributed by atoms with Crippen LogP contribution >= 0.6 is 27.3 Å². The number of anilines is 1. The highest BCUT2D eigenvalue weighted by atomic mass is 79.9. The number of carbonyl (C=O) groups is 1. The summed E-state index contributed by atoms with van der Waals surface area (Å²) in [5.74, 6) is 0.472. The van der Waals surface area contributed by atoms with Crippen molar-refractivity contribution < 1.29 is 9.90 Å². The Bertz CT molecular complexity index is 681. The van der Waals surface area contributed by atoms with Crippen molar-refractivity contribution in [1.82, 2.24) is 4.98 Å². The van der Waals surface area contributed by atoms with E-state index in [9.17, 15) is 9.90 Å². The van der Waals surface area contributed by atoms with E-state index in [2.05, 4.69) is 26.2 Å². The molecule has 1 aliphatic carbocycles. The van der Waals surface area contributed by atoms with Gasteiger partial charge >= 0.3 is 0 Å². The average Bonchev–Trinajstić information content (AvgIpc) is 3.03. The molecular formula is C16H17BrN2O2S. The van der Waals surface area contributed by atoms with E-state index in [0.717, 1.165) is 0 Å². The quantitative estimate of drug-likeness (QED) is 0.794. The first-order chi connectivity index (χ1) is 10.6. The summed E-state index contributed by atoms with van der Waals surface area (Å²) in [6.45, 7) is 0. The summed E-state index contributed by atoms with van der Waals surface area (Å²) < 4.78 is 0.506. The number of aromatic nitrogens is 1. The molecule has 2 heterocycles. The van der Waals surface area contributed by atoms with Crippen LogP contribution in [0.15, 0.2) is 28.2 Å². The summed E-state index contributed by atoms with van der Waals surface area (Å²) in [6, 6.07) is 3.60. The maximum absolute atomic E-state index is 12.3. The Kier molecular flexibility index (Phi) is 4.78. The smallest absolute Gasteiger partial charge is 0.257 e. The number of nitrogens with one attached hydrogen (secondary N) is 1. The molecule has 0 atom stereocenters. The molecular weight excluding hydrogens is 364 g/mol. The van der Waals surface area contributed by atoms with Crippen LogP contribution < -0.4 is 5.32 Å². The minimum absolute atomic E-state index is 0.0569. The number of pyridine rings is 1. The molecule has 2 aromatic rings. The third-order valence-electron chi connectivity index (χ3n) is 4.00. The van der Waals surface area contributed by atoms with Crippen molar-refractivity contribution in [3.05, 3.63) is 38.6 Å². The molecule has 0 unspecified atom stereocenters. The number of thiophene rings is 1. The van der Waals surface area contributed by atoms with Crippen molar-refractivity contribution in [2.24, 2.45) is 0 Å². The lowest BCUT2D eigenvalue weighted by atomic mass is 9.88. The van der Waals surface area contributed by atoms with Gasteiger partial charge in [-0.05, 0) is 46.8 Å². The van der Waals surface area contributed by atoms with Crippen LogP contribution in [0.4, 0.5) is 5.82 Å². The van der Waals surface area contributed by atoms with Crippen LogP contribution in [0.1, 0.15) is 53.3 Å². The minimum atomic E-state index is -0.237. The van der Waals surface area contributed by atoms with Crippen LogP contribution in [0.5, 0.6) is 5.75 Å². The molecule has 0 radical (unpaired) electrons.